The second-order valence-corrected chi connectivity index (χ2v) is 5.22. The predicted octanol–water partition coefficient (Wildman–Crippen LogP) is 4.21. The maximum Gasteiger partial charge on any atom is 0.125 e. The van der Waals surface area contributed by atoms with Gasteiger partial charge < -0.3 is 10.2 Å². The number of nitrogens with zero attached hydrogens (tertiary/aromatic N) is 1. The molecular formula is C17H29FN2. The van der Waals surface area contributed by atoms with Crippen LogP contribution in [-0.2, 0) is 0 Å². The standard InChI is InChI=1S/C17H29FN2/c1-3-12-19-13-7-5-6-8-14-20(4-2)17-11-9-10-16(18)15-17/h9-11,15,19H,3-8,12-14H2,1-2H3. The van der Waals surface area contributed by atoms with Gasteiger partial charge in [0.1, 0.15) is 5.82 Å². The Morgan fingerprint density at radius 3 is 2.55 bits per heavy atom. The molecule has 1 rings (SSSR count). The van der Waals surface area contributed by atoms with Crippen LogP contribution in [0, 0.1) is 5.82 Å². The van der Waals surface area contributed by atoms with E-state index < -0.39 is 0 Å². The average Bonchev–Trinajstić information content (AvgIpc) is 2.46. The highest BCUT2D eigenvalue weighted by molar-refractivity contribution is 5.46. The van der Waals surface area contributed by atoms with Crippen molar-refractivity contribution in [3.63, 3.8) is 0 Å². The molecule has 0 saturated heterocycles. The van der Waals surface area contributed by atoms with Crippen LogP contribution in [0.25, 0.3) is 0 Å². The lowest BCUT2D eigenvalue weighted by Gasteiger charge is -2.23. The highest BCUT2D eigenvalue weighted by Gasteiger charge is 2.04. The number of unbranched alkanes of at least 4 members (excludes halogenated alkanes) is 3. The van der Waals surface area contributed by atoms with Gasteiger partial charge in [-0.05, 0) is 57.5 Å². The summed E-state index contributed by atoms with van der Waals surface area (Å²) in [7, 11) is 0. The quantitative estimate of drug-likeness (QED) is 0.611. The minimum Gasteiger partial charge on any atom is -0.372 e. The molecule has 114 valence electrons. The SMILES string of the molecule is CCCNCCCCCCN(CC)c1cccc(F)c1. The molecule has 1 aromatic carbocycles. The molecule has 0 bridgehead atoms. The third-order valence-electron chi connectivity index (χ3n) is 3.51. The fourth-order valence-electron chi connectivity index (χ4n) is 2.35. The zero-order valence-corrected chi connectivity index (χ0v) is 13.0. The van der Waals surface area contributed by atoms with E-state index in [1.165, 1.54) is 38.2 Å². The first-order valence-electron chi connectivity index (χ1n) is 7.99. The second-order valence-electron chi connectivity index (χ2n) is 5.22. The molecule has 3 heteroatoms. The summed E-state index contributed by atoms with van der Waals surface area (Å²) in [6, 6.07) is 6.90. The van der Waals surface area contributed by atoms with Crippen LogP contribution in [-0.4, -0.2) is 26.2 Å². The summed E-state index contributed by atoms with van der Waals surface area (Å²) in [5, 5.41) is 3.43. The van der Waals surface area contributed by atoms with Crippen molar-refractivity contribution in [2.24, 2.45) is 0 Å². The molecule has 20 heavy (non-hydrogen) atoms. The molecule has 2 nitrogen and oxygen atoms in total. The molecule has 0 atom stereocenters. The zero-order chi connectivity index (χ0) is 14.6. The van der Waals surface area contributed by atoms with Crippen LogP contribution in [0.4, 0.5) is 10.1 Å². The van der Waals surface area contributed by atoms with Gasteiger partial charge in [0.15, 0.2) is 0 Å². The number of hydrogen-bond donors (Lipinski definition) is 1. The molecular weight excluding hydrogens is 251 g/mol. The summed E-state index contributed by atoms with van der Waals surface area (Å²) in [5.41, 5.74) is 0.997. The van der Waals surface area contributed by atoms with Crippen LogP contribution in [0.1, 0.15) is 46.0 Å². The van der Waals surface area contributed by atoms with Gasteiger partial charge in [-0.1, -0.05) is 25.8 Å². The summed E-state index contributed by atoms with van der Waals surface area (Å²) < 4.78 is 13.2. The third kappa shape index (κ3) is 6.90. The van der Waals surface area contributed by atoms with E-state index in [1.54, 1.807) is 12.1 Å². The van der Waals surface area contributed by atoms with E-state index in [1.807, 2.05) is 6.07 Å². The molecule has 0 unspecified atom stereocenters. The van der Waals surface area contributed by atoms with Gasteiger partial charge in [0.25, 0.3) is 0 Å². The maximum atomic E-state index is 13.2. The van der Waals surface area contributed by atoms with E-state index in [4.69, 9.17) is 0 Å². The van der Waals surface area contributed by atoms with Gasteiger partial charge in [0, 0.05) is 18.8 Å². The molecule has 0 aliphatic rings. The Morgan fingerprint density at radius 1 is 1.05 bits per heavy atom. The molecule has 0 aliphatic carbocycles. The lowest BCUT2D eigenvalue weighted by molar-refractivity contribution is 0.580. The minimum absolute atomic E-state index is 0.150. The van der Waals surface area contributed by atoms with Crippen molar-refractivity contribution in [3.8, 4) is 0 Å². The first-order chi connectivity index (χ1) is 9.77. The Bertz CT molecular complexity index is 355. The Balaban J connectivity index is 2.16. The predicted molar refractivity (Wildman–Crippen MR) is 85.9 cm³/mol. The molecule has 0 radical (unpaired) electrons. The third-order valence-corrected chi connectivity index (χ3v) is 3.51. The maximum absolute atomic E-state index is 13.2. The molecule has 0 saturated carbocycles. The highest BCUT2D eigenvalue weighted by atomic mass is 19.1. The van der Waals surface area contributed by atoms with Crippen LogP contribution >= 0.6 is 0 Å². The van der Waals surface area contributed by atoms with Gasteiger partial charge in [0.05, 0.1) is 0 Å². The van der Waals surface area contributed by atoms with Crippen LogP contribution in [0.15, 0.2) is 24.3 Å². The summed E-state index contributed by atoms with van der Waals surface area (Å²) >= 11 is 0. The number of hydrogen-bond acceptors (Lipinski definition) is 2. The molecule has 0 spiro atoms. The molecule has 0 heterocycles. The van der Waals surface area contributed by atoms with Gasteiger partial charge in [-0.25, -0.2) is 4.39 Å². The Labute approximate surface area is 123 Å². The van der Waals surface area contributed by atoms with Crippen molar-refractivity contribution >= 4 is 5.69 Å². The van der Waals surface area contributed by atoms with Crippen LogP contribution in [0.3, 0.4) is 0 Å². The molecule has 0 aromatic heterocycles. The smallest absolute Gasteiger partial charge is 0.125 e. The summed E-state index contributed by atoms with van der Waals surface area (Å²) in [6.45, 7) is 8.53. The van der Waals surface area contributed by atoms with E-state index >= 15 is 0 Å². The number of benzene rings is 1. The van der Waals surface area contributed by atoms with Crippen molar-refractivity contribution in [1.82, 2.24) is 5.32 Å². The lowest BCUT2D eigenvalue weighted by Crippen LogP contribution is -2.24. The topological polar surface area (TPSA) is 15.3 Å². The summed E-state index contributed by atoms with van der Waals surface area (Å²) in [5.74, 6) is -0.150. The second kappa shape index (κ2) is 10.7. The first kappa shape index (κ1) is 17.0. The van der Waals surface area contributed by atoms with E-state index in [9.17, 15) is 4.39 Å². The van der Waals surface area contributed by atoms with E-state index in [0.29, 0.717) is 0 Å². The number of nitrogens with one attached hydrogen (secondary N) is 1. The summed E-state index contributed by atoms with van der Waals surface area (Å²) in [4.78, 5) is 2.25. The summed E-state index contributed by atoms with van der Waals surface area (Å²) in [6.07, 6.45) is 6.17. The fourth-order valence-corrected chi connectivity index (χ4v) is 2.35. The van der Waals surface area contributed by atoms with Crippen molar-refractivity contribution in [2.75, 3.05) is 31.1 Å². The normalized spacial score (nSPS) is 10.8. The Morgan fingerprint density at radius 2 is 1.85 bits per heavy atom. The molecule has 0 fully saturated rings. The molecule has 0 aliphatic heterocycles. The largest absolute Gasteiger partial charge is 0.372 e. The zero-order valence-electron chi connectivity index (χ0n) is 13.0. The average molecular weight is 280 g/mol. The fraction of sp³-hybridized carbons (Fsp3) is 0.647. The lowest BCUT2D eigenvalue weighted by atomic mass is 10.1. The monoisotopic (exact) mass is 280 g/mol. The number of anilines is 1. The Hall–Kier alpha value is -1.09. The number of halogens is 1. The van der Waals surface area contributed by atoms with E-state index in [-0.39, 0.29) is 5.82 Å². The van der Waals surface area contributed by atoms with Crippen LogP contribution < -0.4 is 10.2 Å². The Kier molecular flexibility index (Phi) is 9.05. The van der Waals surface area contributed by atoms with Crippen molar-refractivity contribution in [2.45, 2.75) is 46.0 Å². The van der Waals surface area contributed by atoms with Crippen LogP contribution in [0.5, 0.6) is 0 Å². The number of rotatable bonds is 11. The van der Waals surface area contributed by atoms with Crippen molar-refractivity contribution in [3.05, 3.63) is 30.1 Å². The van der Waals surface area contributed by atoms with Gasteiger partial charge in [0.2, 0.25) is 0 Å². The van der Waals surface area contributed by atoms with E-state index in [2.05, 4.69) is 24.1 Å². The first-order valence-corrected chi connectivity index (χ1v) is 7.99. The highest BCUT2D eigenvalue weighted by Crippen LogP contribution is 2.16. The van der Waals surface area contributed by atoms with Crippen LogP contribution in [0.2, 0.25) is 0 Å². The van der Waals surface area contributed by atoms with Crippen molar-refractivity contribution in [1.29, 1.82) is 0 Å². The minimum atomic E-state index is -0.150. The van der Waals surface area contributed by atoms with Crippen molar-refractivity contribution < 1.29 is 4.39 Å². The molecule has 1 aromatic rings. The molecule has 0 amide bonds. The molecule has 1 N–H and O–H groups in total. The van der Waals surface area contributed by atoms with Gasteiger partial charge in [-0.15, -0.1) is 0 Å². The van der Waals surface area contributed by atoms with Gasteiger partial charge >= 0.3 is 0 Å². The van der Waals surface area contributed by atoms with E-state index in [0.717, 1.165) is 31.9 Å². The van der Waals surface area contributed by atoms with Gasteiger partial charge in [-0.2, -0.15) is 0 Å². The van der Waals surface area contributed by atoms with Gasteiger partial charge in [-0.3, -0.25) is 0 Å².